The van der Waals surface area contributed by atoms with Crippen molar-refractivity contribution in [2.75, 3.05) is 31.1 Å². The molecule has 0 atom stereocenters. The number of nitrogens with zero attached hydrogens (tertiary/aromatic N) is 3. The molecule has 1 aliphatic rings. The molecule has 0 saturated carbocycles. The van der Waals surface area contributed by atoms with Crippen molar-refractivity contribution in [3.8, 4) is 0 Å². The van der Waals surface area contributed by atoms with E-state index in [1.165, 1.54) is 4.90 Å². The molecule has 2 heterocycles. The summed E-state index contributed by atoms with van der Waals surface area (Å²) in [6.45, 7) is 4.31. The van der Waals surface area contributed by atoms with E-state index < -0.39 is 6.09 Å². The van der Waals surface area contributed by atoms with Gasteiger partial charge in [0.15, 0.2) is 0 Å². The molecule has 1 saturated heterocycles. The second kappa shape index (κ2) is 7.89. The Morgan fingerprint density at radius 2 is 1.93 bits per heavy atom. The summed E-state index contributed by atoms with van der Waals surface area (Å²) in [7, 11) is 0. The zero-order chi connectivity index (χ0) is 19.7. The van der Waals surface area contributed by atoms with Crippen LogP contribution < -0.4 is 4.90 Å². The van der Waals surface area contributed by atoms with E-state index >= 15 is 0 Å². The molecule has 1 amide bonds. The number of benzene rings is 2. The van der Waals surface area contributed by atoms with Gasteiger partial charge in [-0.1, -0.05) is 41.6 Å². The lowest BCUT2D eigenvalue weighted by atomic mass is 10.1. The van der Waals surface area contributed by atoms with Crippen molar-refractivity contribution < 1.29 is 9.90 Å². The Kier molecular flexibility index (Phi) is 5.33. The Balaban J connectivity index is 1.66. The van der Waals surface area contributed by atoms with Gasteiger partial charge < -0.3 is 14.9 Å². The van der Waals surface area contributed by atoms with Crippen LogP contribution in [0.5, 0.6) is 0 Å². The lowest BCUT2D eigenvalue weighted by molar-refractivity contribution is 0.142. The number of hydrogen-bond acceptors (Lipinski definition) is 4. The number of aryl methyl sites for hydroxylation is 1. The van der Waals surface area contributed by atoms with Crippen molar-refractivity contribution in [3.05, 3.63) is 59.2 Å². The highest BCUT2D eigenvalue weighted by Crippen LogP contribution is 2.38. The van der Waals surface area contributed by atoms with Crippen LogP contribution in [0.3, 0.4) is 0 Å². The highest BCUT2D eigenvalue weighted by atomic mass is 35.5. The average Bonchev–Trinajstić information content (AvgIpc) is 2.70. The maximum Gasteiger partial charge on any atom is 0.407 e. The van der Waals surface area contributed by atoms with Gasteiger partial charge in [0.2, 0.25) is 0 Å². The van der Waals surface area contributed by atoms with E-state index in [1.54, 1.807) is 11.8 Å². The quantitative estimate of drug-likeness (QED) is 0.643. The Morgan fingerprint density at radius 3 is 2.64 bits per heavy atom. The molecule has 0 bridgehead atoms. The summed E-state index contributed by atoms with van der Waals surface area (Å²) in [4.78, 5) is 21.5. The van der Waals surface area contributed by atoms with Crippen LogP contribution in [-0.4, -0.2) is 47.3 Å². The molecule has 5 nitrogen and oxygen atoms in total. The van der Waals surface area contributed by atoms with Gasteiger partial charge in [0, 0.05) is 47.6 Å². The third-order valence-electron chi connectivity index (χ3n) is 4.95. The molecule has 0 aliphatic carbocycles. The van der Waals surface area contributed by atoms with Gasteiger partial charge in [0.05, 0.1) is 5.02 Å². The molecule has 0 radical (unpaired) electrons. The summed E-state index contributed by atoms with van der Waals surface area (Å²) < 4.78 is 0. The second-order valence-corrected chi connectivity index (χ2v) is 8.25. The predicted molar refractivity (Wildman–Crippen MR) is 114 cm³/mol. The van der Waals surface area contributed by atoms with Crippen LogP contribution in [0.2, 0.25) is 5.02 Å². The smallest absolute Gasteiger partial charge is 0.407 e. The number of hydrogen-bond donors (Lipinski definition) is 1. The molecule has 7 heteroatoms. The van der Waals surface area contributed by atoms with Gasteiger partial charge in [-0.15, -0.1) is 0 Å². The van der Waals surface area contributed by atoms with E-state index in [9.17, 15) is 4.79 Å². The summed E-state index contributed by atoms with van der Waals surface area (Å²) in [6.07, 6.45) is 0.950. The van der Waals surface area contributed by atoms with Crippen molar-refractivity contribution in [3.63, 3.8) is 0 Å². The maximum absolute atomic E-state index is 11.2. The molecule has 0 spiro atoms. The van der Waals surface area contributed by atoms with Crippen LogP contribution >= 0.6 is 23.4 Å². The predicted octanol–water partition coefficient (Wildman–Crippen LogP) is 5.15. The van der Waals surface area contributed by atoms with Crippen molar-refractivity contribution in [2.24, 2.45) is 0 Å². The molecule has 28 heavy (non-hydrogen) atoms. The fraction of sp³-hybridized carbons (Fsp3) is 0.238. The molecule has 144 valence electrons. The molecule has 1 aromatic heterocycles. The van der Waals surface area contributed by atoms with Crippen LogP contribution in [0.25, 0.3) is 10.8 Å². The average molecular weight is 414 g/mol. The standard InChI is InChI=1S/C21H20ClN3O2S/c1-14-3-2-4-18(22)19(14)28-16-6-5-15-7-8-23-20(17(15)13-16)24-9-11-25(12-10-24)21(26)27/h2-8,13H,9-12H2,1H3,(H,26,27). The Bertz CT molecular complexity index is 1020. The van der Waals surface area contributed by atoms with Crippen molar-refractivity contribution in [1.82, 2.24) is 9.88 Å². The summed E-state index contributed by atoms with van der Waals surface area (Å²) in [5, 5.41) is 12.1. The fourth-order valence-corrected chi connectivity index (χ4v) is 4.70. The van der Waals surface area contributed by atoms with Crippen LogP contribution in [0.1, 0.15) is 5.56 Å². The monoisotopic (exact) mass is 413 g/mol. The number of carbonyl (C=O) groups is 1. The first-order chi connectivity index (χ1) is 13.5. The fourth-order valence-electron chi connectivity index (χ4n) is 3.42. The minimum Gasteiger partial charge on any atom is -0.465 e. The third-order valence-corrected chi connectivity index (χ3v) is 6.61. The highest BCUT2D eigenvalue weighted by Gasteiger charge is 2.22. The van der Waals surface area contributed by atoms with Gasteiger partial charge in [-0.25, -0.2) is 9.78 Å². The summed E-state index contributed by atoms with van der Waals surface area (Å²) in [5.74, 6) is 0.904. The molecule has 4 rings (SSSR count). The summed E-state index contributed by atoms with van der Waals surface area (Å²) in [5.41, 5.74) is 1.15. The van der Waals surface area contributed by atoms with Crippen LogP contribution in [-0.2, 0) is 0 Å². The lowest BCUT2D eigenvalue weighted by Gasteiger charge is -2.34. The van der Waals surface area contributed by atoms with Crippen molar-refractivity contribution in [2.45, 2.75) is 16.7 Å². The molecule has 1 aliphatic heterocycles. The number of carboxylic acid groups (broad SMARTS) is 1. The zero-order valence-corrected chi connectivity index (χ0v) is 17.0. The van der Waals surface area contributed by atoms with E-state index in [-0.39, 0.29) is 0 Å². The SMILES string of the molecule is Cc1cccc(Cl)c1Sc1ccc2ccnc(N3CCN(C(=O)O)CC3)c2c1. The minimum atomic E-state index is -0.862. The first kappa shape index (κ1) is 18.9. The van der Waals surface area contributed by atoms with Gasteiger partial charge in [-0.05, 0) is 42.1 Å². The van der Waals surface area contributed by atoms with Crippen LogP contribution in [0.15, 0.2) is 58.5 Å². The van der Waals surface area contributed by atoms with E-state index in [1.807, 2.05) is 24.4 Å². The van der Waals surface area contributed by atoms with Gasteiger partial charge in [0.1, 0.15) is 5.82 Å². The van der Waals surface area contributed by atoms with Crippen LogP contribution in [0, 0.1) is 6.92 Å². The third kappa shape index (κ3) is 3.75. The number of pyridine rings is 1. The van der Waals surface area contributed by atoms with E-state index in [0.717, 1.165) is 37.0 Å². The van der Waals surface area contributed by atoms with E-state index in [0.29, 0.717) is 26.2 Å². The number of rotatable bonds is 3. The summed E-state index contributed by atoms with van der Waals surface area (Å²) >= 11 is 8.05. The molecule has 0 unspecified atom stereocenters. The number of amides is 1. The number of piperazine rings is 1. The van der Waals surface area contributed by atoms with Crippen molar-refractivity contribution >= 4 is 46.0 Å². The molecule has 1 fully saturated rings. The van der Waals surface area contributed by atoms with Crippen molar-refractivity contribution in [1.29, 1.82) is 0 Å². The highest BCUT2D eigenvalue weighted by molar-refractivity contribution is 7.99. The zero-order valence-electron chi connectivity index (χ0n) is 15.4. The van der Waals surface area contributed by atoms with Crippen LogP contribution in [0.4, 0.5) is 10.6 Å². The molecular formula is C21H20ClN3O2S. The van der Waals surface area contributed by atoms with E-state index in [4.69, 9.17) is 16.7 Å². The number of aromatic nitrogens is 1. The topological polar surface area (TPSA) is 56.7 Å². The molecule has 1 N–H and O–H groups in total. The van der Waals surface area contributed by atoms with E-state index in [2.05, 4.69) is 41.1 Å². The normalized spacial score (nSPS) is 14.5. The minimum absolute atomic E-state index is 0.487. The maximum atomic E-state index is 11.2. The summed E-state index contributed by atoms with van der Waals surface area (Å²) in [6, 6.07) is 14.3. The van der Waals surface area contributed by atoms with Gasteiger partial charge >= 0.3 is 6.09 Å². The Morgan fingerprint density at radius 1 is 1.14 bits per heavy atom. The van der Waals surface area contributed by atoms with Gasteiger partial charge in [-0.2, -0.15) is 0 Å². The van der Waals surface area contributed by atoms with Gasteiger partial charge in [-0.3, -0.25) is 0 Å². The van der Waals surface area contributed by atoms with Gasteiger partial charge in [0.25, 0.3) is 0 Å². The molecule has 2 aromatic carbocycles. The largest absolute Gasteiger partial charge is 0.465 e. The lowest BCUT2D eigenvalue weighted by Crippen LogP contribution is -2.48. The first-order valence-corrected chi connectivity index (χ1v) is 10.3. The molecule has 3 aromatic rings. The Labute approximate surface area is 172 Å². The first-order valence-electron chi connectivity index (χ1n) is 9.07. The number of fused-ring (bicyclic) bond motifs is 1. The number of anilines is 1. The molecular weight excluding hydrogens is 394 g/mol. The Hall–Kier alpha value is -2.44. The second-order valence-electron chi connectivity index (χ2n) is 6.76. The number of halogens is 1.